The molecule has 2 aromatic heterocycles. The molecule has 1 aliphatic carbocycles. The number of piperidine rings is 2. The highest BCUT2D eigenvalue weighted by Gasteiger charge is 2.43. The van der Waals surface area contributed by atoms with Crippen LogP contribution in [0.4, 0.5) is 11.9 Å². The number of likely N-dealkylation sites (tertiary alicyclic amines) is 1. The zero-order chi connectivity index (χ0) is 20.6. The average Bonchev–Trinajstić information content (AvgIpc) is 3.12. The lowest BCUT2D eigenvalue weighted by Crippen LogP contribution is -2.45. The number of nitrogens with zero attached hydrogens (tertiary/aromatic N) is 7. The average molecular weight is 408 g/mol. The highest BCUT2D eigenvalue weighted by molar-refractivity contribution is 5.39. The van der Waals surface area contributed by atoms with Crippen molar-refractivity contribution in [3.63, 3.8) is 0 Å². The number of rotatable bonds is 4. The highest BCUT2D eigenvalue weighted by Crippen LogP contribution is 2.44. The molecule has 2 aliphatic heterocycles. The standard InChI is InChI=1S/C23H33N7/c1-28(2)22-26-15-19-7-9-23(20(19)27-22)8-6-10-29(17-23)16-18-13-24-21(25-14-18)30-11-4-3-5-12-30/h13-15H,3-12,16-17H2,1-2H3. The third kappa shape index (κ3) is 3.75. The Balaban J connectivity index is 1.29. The molecule has 2 fully saturated rings. The van der Waals surface area contributed by atoms with Crippen LogP contribution in [0, 0.1) is 0 Å². The molecule has 0 saturated carbocycles. The molecular formula is C23H33N7. The summed E-state index contributed by atoms with van der Waals surface area (Å²) in [5.41, 5.74) is 4.03. The minimum atomic E-state index is 0.176. The fourth-order valence-corrected chi connectivity index (χ4v) is 5.45. The van der Waals surface area contributed by atoms with E-state index >= 15 is 0 Å². The molecule has 0 radical (unpaired) electrons. The van der Waals surface area contributed by atoms with Crippen molar-refractivity contribution in [2.45, 2.75) is 56.9 Å². The van der Waals surface area contributed by atoms with Gasteiger partial charge >= 0.3 is 0 Å². The summed E-state index contributed by atoms with van der Waals surface area (Å²) in [6.07, 6.45) is 14.7. The highest BCUT2D eigenvalue weighted by atomic mass is 15.3. The molecule has 3 aliphatic rings. The predicted octanol–water partition coefficient (Wildman–Crippen LogP) is 2.80. The first-order valence-corrected chi connectivity index (χ1v) is 11.4. The van der Waals surface area contributed by atoms with Gasteiger partial charge in [0.2, 0.25) is 11.9 Å². The molecule has 5 rings (SSSR count). The zero-order valence-corrected chi connectivity index (χ0v) is 18.3. The van der Waals surface area contributed by atoms with E-state index in [1.807, 2.05) is 31.4 Å². The van der Waals surface area contributed by atoms with Crippen LogP contribution in [0.5, 0.6) is 0 Å². The van der Waals surface area contributed by atoms with Gasteiger partial charge in [0, 0.05) is 69.8 Å². The molecule has 7 nitrogen and oxygen atoms in total. The number of hydrogen-bond donors (Lipinski definition) is 0. The molecule has 30 heavy (non-hydrogen) atoms. The van der Waals surface area contributed by atoms with Crippen molar-refractivity contribution >= 4 is 11.9 Å². The van der Waals surface area contributed by atoms with Crippen molar-refractivity contribution in [3.8, 4) is 0 Å². The lowest BCUT2D eigenvalue weighted by atomic mass is 9.77. The normalized spacial score (nSPS) is 24.3. The van der Waals surface area contributed by atoms with Crippen LogP contribution < -0.4 is 9.80 Å². The Morgan fingerprint density at radius 3 is 2.50 bits per heavy atom. The van der Waals surface area contributed by atoms with Gasteiger partial charge in [0.25, 0.3) is 0 Å². The van der Waals surface area contributed by atoms with Crippen molar-refractivity contribution in [1.29, 1.82) is 0 Å². The zero-order valence-electron chi connectivity index (χ0n) is 18.3. The van der Waals surface area contributed by atoms with Crippen molar-refractivity contribution in [2.75, 3.05) is 50.1 Å². The monoisotopic (exact) mass is 407 g/mol. The molecular weight excluding hydrogens is 374 g/mol. The van der Waals surface area contributed by atoms with Crippen LogP contribution in [0.3, 0.4) is 0 Å². The molecule has 7 heteroatoms. The van der Waals surface area contributed by atoms with Gasteiger partial charge in [-0.1, -0.05) is 0 Å². The van der Waals surface area contributed by atoms with Crippen LogP contribution in [-0.4, -0.2) is 65.1 Å². The quantitative estimate of drug-likeness (QED) is 0.772. The molecule has 0 amide bonds. The minimum Gasteiger partial charge on any atom is -0.347 e. The summed E-state index contributed by atoms with van der Waals surface area (Å²) in [4.78, 5) is 25.8. The van der Waals surface area contributed by atoms with E-state index in [4.69, 9.17) is 4.98 Å². The van der Waals surface area contributed by atoms with Gasteiger partial charge in [-0.2, -0.15) is 0 Å². The first-order chi connectivity index (χ1) is 14.6. The molecule has 0 N–H and O–H groups in total. The summed E-state index contributed by atoms with van der Waals surface area (Å²) < 4.78 is 0. The maximum Gasteiger partial charge on any atom is 0.225 e. The Hall–Kier alpha value is -2.28. The summed E-state index contributed by atoms with van der Waals surface area (Å²) in [5, 5.41) is 0. The third-order valence-electron chi connectivity index (χ3n) is 7.02. The van der Waals surface area contributed by atoms with Gasteiger partial charge in [0.1, 0.15) is 0 Å². The van der Waals surface area contributed by atoms with Gasteiger partial charge in [-0.25, -0.2) is 19.9 Å². The second kappa shape index (κ2) is 8.10. The molecule has 1 atom stereocenters. The summed E-state index contributed by atoms with van der Waals surface area (Å²) in [7, 11) is 4.04. The Labute approximate surface area is 179 Å². The van der Waals surface area contributed by atoms with Crippen LogP contribution in [0.25, 0.3) is 0 Å². The first kappa shape index (κ1) is 19.7. The lowest BCUT2D eigenvalue weighted by Gasteiger charge is -2.40. The van der Waals surface area contributed by atoms with E-state index in [1.165, 1.54) is 55.3 Å². The Kier molecular flexibility index (Phi) is 5.31. The van der Waals surface area contributed by atoms with E-state index in [0.717, 1.165) is 51.0 Å². The second-order valence-electron chi connectivity index (χ2n) is 9.47. The Morgan fingerprint density at radius 2 is 1.73 bits per heavy atom. The largest absolute Gasteiger partial charge is 0.347 e. The second-order valence-corrected chi connectivity index (χ2v) is 9.47. The maximum atomic E-state index is 4.99. The topological polar surface area (TPSA) is 61.3 Å². The molecule has 0 bridgehead atoms. The van der Waals surface area contributed by atoms with E-state index in [2.05, 4.69) is 30.9 Å². The molecule has 2 saturated heterocycles. The summed E-state index contributed by atoms with van der Waals surface area (Å²) in [5.74, 6) is 1.72. The smallest absolute Gasteiger partial charge is 0.225 e. The fourth-order valence-electron chi connectivity index (χ4n) is 5.45. The molecule has 1 unspecified atom stereocenters. The van der Waals surface area contributed by atoms with Gasteiger partial charge in [-0.3, -0.25) is 4.90 Å². The van der Waals surface area contributed by atoms with Crippen molar-refractivity contribution in [3.05, 3.63) is 35.4 Å². The van der Waals surface area contributed by atoms with Crippen molar-refractivity contribution in [1.82, 2.24) is 24.8 Å². The van der Waals surface area contributed by atoms with Crippen LogP contribution in [0.2, 0.25) is 0 Å². The lowest BCUT2D eigenvalue weighted by molar-refractivity contribution is 0.136. The summed E-state index contributed by atoms with van der Waals surface area (Å²) in [6.45, 7) is 5.30. The number of fused-ring (bicyclic) bond motifs is 2. The van der Waals surface area contributed by atoms with Crippen molar-refractivity contribution < 1.29 is 0 Å². The first-order valence-electron chi connectivity index (χ1n) is 11.4. The van der Waals surface area contributed by atoms with Gasteiger partial charge in [-0.15, -0.1) is 0 Å². The SMILES string of the molecule is CN(C)c1ncc2c(n1)C1(CCCN(Cc3cnc(N4CCCCC4)nc3)C1)CC2. The van der Waals surface area contributed by atoms with Crippen LogP contribution in [0.15, 0.2) is 18.6 Å². The van der Waals surface area contributed by atoms with Crippen LogP contribution in [0.1, 0.15) is 55.3 Å². The Bertz CT molecular complexity index is 872. The summed E-state index contributed by atoms with van der Waals surface area (Å²) in [6, 6.07) is 0. The number of anilines is 2. The number of hydrogen-bond acceptors (Lipinski definition) is 7. The van der Waals surface area contributed by atoms with E-state index in [0.29, 0.717) is 0 Å². The molecule has 4 heterocycles. The van der Waals surface area contributed by atoms with Gasteiger partial charge in [0.05, 0.1) is 5.69 Å². The van der Waals surface area contributed by atoms with E-state index in [1.54, 1.807) is 0 Å². The molecule has 160 valence electrons. The molecule has 1 spiro atoms. The Morgan fingerprint density at radius 1 is 0.933 bits per heavy atom. The van der Waals surface area contributed by atoms with Gasteiger partial charge < -0.3 is 9.80 Å². The fraction of sp³-hybridized carbons (Fsp3) is 0.652. The van der Waals surface area contributed by atoms with Crippen LogP contribution in [-0.2, 0) is 18.4 Å². The predicted molar refractivity (Wildman–Crippen MR) is 119 cm³/mol. The van der Waals surface area contributed by atoms with Crippen LogP contribution >= 0.6 is 0 Å². The number of aromatic nitrogens is 4. The minimum absolute atomic E-state index is 0.176. The van der Waals surface area contributed by atoms with E-state index in [9.17, 15) is 0 Å². The molecule has 2 aromatic rings. The van der Waals surface area contributed by atoms with E-state index in [-0.39, 0.29) is 5.41 Å². The molecule has 0 aromatic carbocycles. The van der Waals surface area contributed by atoms with E-state index < -0.39 is 0 Å². The van der Waals surface area contributed by atoms with Gasteiger partial charge in [0.15, 0.2) is 0 Å². The van der Waals surface area contributed by atoms with Crippen molar-refractivity contribution in [2.24, 2.45) is 0 Å². The third-order valence-corrected chi connectivity index (χ3v) is 7.02. The maximum absolute atomic E-state index is 4.99. The number of aryl methyl sites for hydroxylation is 1. The van der Waals surface area contributed by atoms with Gasteiger partial charge in [-0.05, 0) is 57.1 Å². The summed E-state index contributed by atoms with van der Waals surface area (Å²) >= 11 is 0.